The number of benzene rings is 2. The van der Waals surface area contributed by atoms with E-state index in [-0.39, 0.29) is 17.7 Å². The topological polar surface area (TPSA) is 62.6 Å². The first-order chi connectivity index (χ1) is 16.9. The Morgan fingerprint density at radius 3 is 2.51 bits per heavy atom. The van der Waals surface area contributed by atoms with Gasteiger partial charge in [-0.25, -0.2) is 0 Å². The lowest BCUT2D eigenvalue weighted by atomic mass is 9.99. The molecule has 0 bridgehead atoms. The monoisotopic (exact) mass is 487 g/mol. The van der Waals surface area contributed by atoms with E-state index < -0.39 is 5.91 Å². The predicted molar refractivity (Wildman–Crippen MR) is 140 cm³/mol. The van der Waals surface area contributed by atoms with Crippen molar-refractivity contribution in [1.29, 1.82) is 0 Å². The third-order valence-electron chi connectivity index (χ3n) is 6.88. The maximum atomic E-state index is 13.1. The Bertz CT molecular complexity index is 1320. The van der Waals surface area contributed by atoms with Gasteiger partial charge in [0.2, 0.25) is 5.91 Å². The van der Waals surface area contributed by atoms with Crippen molar-refractivity contribution in [3.8, 4) is 0 Å². The van der Waals surface area contributed by atoms with E-state index in [1.54, 1.807) is 11.0 Å². The fourth-order valence-corrected chi connectivity index (χ4v) is 5.51. The lowest BCUT2D eigenvalue weighted by Gasteiger charge is -2.31. The fourth-order valence-electron chi connectivity index (χ4n) is 4.68. The zero-order valence-corrected chi connectivity index (χ0v) is 20.9. The molecule has 0 spiro atoms. The molecule has 2 aromatic carbocycles. The van der Waals surface area contributed by atoms with Crippen LogP contribution >= 0.6 is 11.8 Å². The van der Waals surface area contributed by atoms with Crippen molar-refractivity contribution in [3.05, 3.63) is 76.3 Å². The number of para-hydroxylation sites is 1. The van der Waals surface area contributed by atoms with E-state index >= 15 is 0 Å². The van der Waals surface area contributed by atoms with E-state index in [4.69, 9.17) is 0 Å². The number of hydrogen-bond donors (Lipinski definition) is 0. The Labute approximate surface area is 209 Å². The molecule has 2 saturated heterocycles. The van der Waals surface area contributed by atoms with Gasteiger partial charge >= 0.3 is 0 Å². The minimum atomic E-state index is -0.394. The summed E-state index contributed by atoms with van der Waals surface area (Å²) >= 11 is 0.908. The number of aryl methyl sites for hydroxylation is 1. The molecule has 5 rings (SSSR count). The van der Waals surface area contributed by atoms with Gasteiger partial charge in [0.05, 0.1) is 4.91 Å². The quantitative estimate of drug-likeness (QED) is 0.459. The van der Waals surface area contributed by atoms with Crippen LogP contribution in [0.5, 0.6) is 0 Å². The smallest absolute Gasteiger partial charge is 0.294 e. The molecule has 0 aliphatic carbocycles. The second-order valence-electron chi connectivity index (χ2n) is 9.55. The van der Waals surface area contributed by atoms with E-state index in [9.17, 15) is 14.4 Å². The molecule has 7 heteroatoms. The first-order valence-corrected chi connectivity index (χ1v) is 12.9. The second-order valence-corrected chi connectivity index (χ2v) is 10.5. The minimum absolute atomic E-state index is 0.157. The largest absolute Gasteiger partial charge is 0.342 e. The Morgan fingerprint density at radius 1 is 1.06 bits per heavy atom. The summed E-state index contributed by atoms with van der Waals surface area (Å²) in [4.78, 5) is 41.7. The van der Waals surface area contributed by atoms with Crippen LogP contribution in [0, 0.1) is 12.8 Å². The molecule has 0 N–H and O–H groups in total. The number of carbonyl (C=O) groups is 3. The summed E-state index contributed by atoms with van der Waals surface area (Å²) in [6.45, 7) is 6.14. The summed E-state index contributed by atoms with van der Waals surface area (Å²) < 4.78 is 2.16. The van der Waals surface area contributed by atoms with Gasteiger partial charge < -0.3 is 9.47 Å². The van der Waals surface area contributed by atoms with Crippen molar-refractivity contribution < 1.29 is 14.4 Å². The van der Waals surface area contributed by atoms with E-state index in [2.05, 4.69) is 48.7 Å². The number of hydrogen-bond acceptors (Lipinski definition) is 4. The summed E-state index contributed by atoms with van der Waals surface area (Å²) in [7, 11) is 0. The third-order valence-corrected chi connectivity index (χ3v) is 7.79. The number of aromatic nitrogens is 1. The van der Waals surface area contributed by atoms with Crippen molar-refractivity contribution in [2.75, 3.05) is 19.6 Å². The summed E-state index contributed by atoms with van der Waals surface area (Å²) in [6, 6.07) is 16.5. The summed E-state index contributed by atoms with van der Waals surface area (Å²) in [6.07, 6.45) is 5.73. The Hall–Kier alpha value is -3.32. The van der Waals surface area contributed by atoms with Crippen molar-refractivity contribution >= 4 is 45.8 Å². The average Bonchev–Trinajstić information content (AvgIpc) is 3.33. The van der Waals surface area contributed by atoms with Gasteiger partial charge in [-0.1, -0.05) is 55.0 Å². The van der Waals surface area contributed by atoms with E-state index in [0.29, 0.717) is 30.5 Å². The molecule has 6 nitrogen and oxygen atoms in total. The van der Waals surface area contributed by atoms with Crippen LogP contribution in [0.25, 0.3) is 17.0 Å². The van der Waals surface area contributed by atoms with E-state index in [0.717, 1.165) is 46.0 Å². The first-order valence-electron chi connectivity index (χ1n) is 12.1. The van der Waals surface area contributed by atoms with Crippen LogP contribution in [0.2, 0.25) is 0 Å². The Morgan fingerprint density at radius 2 is 1.77 bits per heavy atom. The highest BCUT2D eigenvalue weighted by Gasteiger charge is 2.37. The Balaban J connectivity index is 1.37. The lowest BCUT2D eigenvalue weighted by molar-refractivity contribution is -0.136. The molecule has 3 heterocycles. The molecular formula is C28H29N3O3S. The molecule has 2 fully saturated rings. The normalized spacial score (nSPS) is 18.3. The van der Waals surface area contributed by atoms with Crippen LogP contribution in [0.15, 0.2) is 59.6 Å². The lowest BCUT2D eigenvalue weighted by Crippen LogP contribution is -2.45. The van der Waals surface area contributed by atoms with E-state index in [1.807, 2.05) is 24.4 Å². The van der Waals surface area contributed by atoms with Crippen molar-refractivity contribution in [3.63, 3.8) is 0 Å². The number of carbonyl (C=O) groups excluding carboxylic acids is 3. The van der Waals surface area contributed by atoms with Gasteiger partial charge in [0.15, 0.2) is 0 Å². The molecule has 1 aromatic heterocycles. The number of thioether (sulfide) groups is 1. The number of likely N-dealkylation sites (tertiary alicyclic amines) is 1. The number of piperidine rings is 1. The van der Waals surface area contributed by atoms with Gasteiger partial charge in [-0.05, 0) is 55.2 Å². The zero-order chi connectivity index (χ0) is 24.5. The maximum Gasteiger partial charge on any atom is 0.294 e. The molecule has 0 unspecified atom stereocenters. The van der Waals surface area contributed by atoms with Gasteiger partial charge in [0.25, 0.3) is 11.1 Å². The number of rotatable bonds is 5. The number of fused-ring (bicyclic) bond motifs is 1. The molecule has 0 radical (unpaired) electrons. The van der Waals surface area contributed by atoms with Crippen molar-refractivity contribution in [1.82, 2.24) is 14.4 Å². The molecule has 35 heavy (non-hydrogen) atoms. The van der Waals surface area contributed by atoms with Crippen LogP contribution in [-0.4, -0.2) is 51.1 Å². The summed E-state index contributed by atoms with van der Waals surface area (Å²) in [5.74, 6) is 0.0524. The summed E-state index contributed by atoms with van der Waals surface area (Å²) in [5, 5.41) is 0.633. The predicted octanol–water partition coefficient (Wildman–Crippen LogP) is 5.29. The van der Waals surface area contributed by atoms with E-state index in [1.165, 1.54) is 11.1 Å². The number of nitrogens with zero attached hydrogens (tertiary/aromatic N) is 3. The van der Waals surface area contributed by atoms with Crippen LogP contribution in [0.3, 0.4) is 0 Å². The SMILES string of the molecule is Cc1ccc(Cn2cc(C=C3SC(=O)N(CC(=O)N4CCC(C)CC4)C3=O)c3ccccc32)cc1. The maximum absolute atomic E-state index is 13.1. The van der Waals surface area contributed by atoms with Crippen LogP contribution in [-0.2, 0) is 16.1 Å². The Kier molecular flexibility index (Phi) is 6.52. The van der Waals surface area contributed by atoms with Gasteiger partial charge in [-0.2, -0.15) is 0 Å². The third kappa shape index (κ3) is 4.91. The molecule has 0 saturated carbocycles. The molecular weight excluding hydrogens is 458 g/mol. The number of amides is 3. The average molecular weight is 488 g/mol. The highest BCUT2D eigenvalue weighted by molar-refractivity contribution is 8.18. The molecule has 2 aliphatic heterocycles. The fraction of sp³-hybridized carbons (Fsp3) is 0.321. The minimum Gasteiger partial charge on any atom is -0.342 e. The van der Waals surface area contributed by atoms with Crippen LogP contribution in [0.1, 0.15) is 36.5 Å². The second kappa shape index (κ2) is 9.74. The van der Waals surface area contributed by atoms with Crippen molar-refractivity contribution in [2.45, 2.75) is 33.2 Å². The highest BCUT2D eigenvalue weighted by atomic mass is 32.2. The van der Waals surface area contributed by atoms with Gasteiger partial charge in [0.1, 0.15) is 6.54 Å². The highest BCUT2D eigenvalue weighted by Crippen LogP contribution is 2.34. The van der Waals surface area contributed by atoms with Gasteiger partial charge in [-0.3, -0.25) is 19.3 Å². The van der Waals surface area contributed by atoms with Crippen molar-refractivity contribution in [2.24, 2.45) is 5.92 Å². The molecule has 2 aliphatic rings. The molecule has 0 atom stereocenters. The van der Waals surface area contributed by atoms with Gasteiger partial charge in [0, 0.05) is 42.3 Å². The van der Waals surface area contributed by atoms with Crippen LogP contribution < -0.4 is 0 Å². The molecule has 3 aromatic rings. The zero-order valence-electron chi connectivity index (χ0n) is 20.1. The standard InChI is InChI=1S/C28H29N3O3S/c1-19-7-9-21(10-8-19)16-30-17-22(23-5-3-4-6-24(23)30)15-25-27(33)31(28(34)35-25)18-26(32)29-13-11-20(2)12-14-29/h3-10,15,17,20H,11-14,16,18H2,1-2H3. The first kappa shape index (κ1) is 23.4. The molecule has 180 valence electrons. The van der Waals surface area contributed by atoms with Gasteiger partial charge in [-0.15, -0.1) is 0 Å². The summed E-state index contributed by atoms with van der Waals surface area (Å²) in [5.41, 5.74) is 4.35. The van der Waals surface area contributed by atoms with Crippen LogP contribution in [0.4, 0.5) is 4.79 Å². The number of imide groups is 1. The molecule has 3 amide bonds.